The van der Waals surface area contributed by atoms with Crippen LogP contribution in [0.5, 0.6) is 0 Å². The molecule has 1 heterocycles. The molecular formula is C9H11NO7S. The maximum Gasteiger partial charge on any atom is 0.371 e. The summed E-state index contributed by atoms with van der Waals surface area (Å²) in [5.74, 6) is -3.12. The van der Waals surface area contributed by atoms with E-state index < -0.39 is 27.7 Å². The molecule has 0 saturated carbocycles. The Morgan fingerprint density at radius 1 is 1.44 bits per heavy atom. The second kappa shape index (κ2) is 5.65. The molecule has 0 unspecified atom stereocenters. The van der Waals surface area contributed by atoms with Gasteiger partial charge in [0, 0.05) is 0 Å². The summed E-state index contributed by atoms with van der Waals surface area (Å²) < 4.78 is 33.8. The molecule has 1 aromatic heterocycles. The van der Waals surface area contributed by atoms with Crippen LogP contribution in [0.25, 0.3) is 0 Å². The number of carboxylic acids is 1. The predicted octanol–water partition coefficient (Wildman–Crippen LogP) is -0.430. The zero-order chi connectivity index (χ0) is 13.8. The summed E-state index contributed by atoms with van der Waals surface area (Å²) >= 11 is 0. The number of carboxylic acid groups (broad SMARTS) is 1. The number of rotatable bonds is 6. The molecule has 1 rings (SSSR count). The Labute approximate surface area is 103 Å². The van der Waals surface area contributed by atoms with Crippen LogP contribution in [0.3, 0.4) is 0 Å². The van der Waals surface area contributed by atoms with E-state index in [1.165, 1.54) is 12.1 Å². The van der Waals surface area contributed by atoms with E-state index in [1.54, 1.807) is 0 Å². The molecule has 0 aromatic carbocycles. The van der Waals surface area contributed by atoms with Crippen molar-refractivity contribution in [3.8, 4) is 0 Å². The van der Waals surface area contributed by atoms with Crippen molar-refractivity contribution in [2.75, 3.05) is 12.9 Å². The summed E-state index contributed by atoms with van der Waals surface area (Å²) in [6.45, 7) is -0.243. The minimum atomic E-state index is -3.83. The van der Waals surface area contributed by atoms with Crippen LogP contribution in [-0.4, -0.2) is 38.3 Å². The third kappa shape index (κ3) is 4.18. The van der Waals surface area contributed by atoms with E-state index in [2.05, 4.69) is 9.46 Å². The van der Waals surface area contributed by atoms with Crippen LogP contribution in [-0.2, 0) is 26.1 Å². The number of methoxy groups -OCH3 is 1. The molecule has 100 valence electrons. The van der Waals surface area contributed by atoms with E-state index in [-0.39, 0.29) is 18.1 Å². The quantitative estimate of drug-likeness (QED) is 0.676. The average Bonchev–Trinajstić information content (AvgIpc) is 2.74. The molecule has 0 aliphatic heterocycles. The fourth-order valence-corrected chi connectivity index (χ4v) is 1.93. The molecule has 0 saturated heterocycles. The largest absolute Gasteiger partial charge is 0.475 e. The molecule has 0 radical (unpaired) electrons. The molecule has 0 atom stereocenters. The molecule has 8 nitrogen and oxygen atoms in total. The van der Waals surface area contributed by atoms with E-state index in [0.717, 1.165) is 7.11 Å². The lowest BCUT2D eigenvalue weighted by atomic mass is 10.4. The first-order valence-corrected chi connectivity index (χ1v) is 6.35. The van der Waals surface area contributed by atoms with Crippen LogP contribution in [0, 0.1) is 0 Å². The lowest BCUT2D eigenvalue weighted by Crippen LogP contribution is -2.30. The van der Waals surface area contributed by atoms with Gasteiger partial charge in [-0.3, -0.25) is 4.79 Å². The molecule has 0 spiro atoms. The van der Waals surface area contributed by atoms with Gasteiger partial charge in [0.25, 0.3) is 0 Å². The number of sulfonamides is 1. The first kappa shape index (κ1) is 14.2. The Bertz CT molecular complexity index is 545. The van der Waals surface area contributed by atoms with Crippen molar-refractivity contribution >= 4 is 22.0 Å². The maximum atomic E-state index is 11.3. The van der Waals surface area contributed by atoms with Crippen molar-refractivity contribution < 1.29 is 32.3 Å². The number of carbonyl (C=O) groups excluding carboxylic acids is 1. The third-order valence-electron chi connectivity index (χ3n) is 1.87. The van der Waals surface area contributed by atoms with Crippen LogP contribution in [0.15, 0.2) is 16.5 Å². The lowest BCUT2D eigenvalue weighted by Gasteiger charge is -2.03. The number of hydrogen-bond donors (Lipinski definition) is 2. The molecular weight excluding hydrogens is 266 g/mol. The minimum Gasteiger partial charge on any atom is -0.475 e. The molecule has 1 aromatic rings. The van der Waals surface area contributed by atoms with Crippen molar-refractivity contribution in [3.05, 3.63) is 23.7 Å². The Morgan fingerprint density at radius 3 is 2.61 bits per heavy atom. The number of carbonyl (C=O) groups is 2. The van der Waals surface area contributed by atoms with Crippen LogP contribution >= 0.6 is 0 Å². The molecule has 0 amide bonds. The van der Waals surface area contributed by atoms with Crippen LogP contribution < -0.4 is 4.72 Å². The zero-order valence-corrected chi connectivity index (χ0v) is 10.2. The molecule has 0 fully saturated rings. The van der Waals surface area contributed by atoms with E-state index in [4.69, 9.17) is 9.52 Å². The molecule has 0 aliphatic carbocycles. The Hall–Kier alpha value is -1.87. The minimum absolute atomic E-state index is 0.126. The highest BCUT2D eigenvalue weighted by Crippen LogP contribution is 2.07. The van der Waals surface area contributed by atoms with Gasteiger partial charge >= 0.3 is 11.9 Å². The molecule has 9 heteroatoms. The number of hydrogen-bond acceptors (Lipinski definition) is 6. The van der Waals surface area contributed by atoms with Gasteiger partial charge in [0.15, 0.2) is 5.75 Å². The number of aromatic carboxylic acids is 1. The molecule has 2 N–H and O–H groups in total. The van der Waals surface area contributed by atoms with Crippen molar-refractivity contribution in [3.63, 3.8) is 0 Å². The summed E-state index contributed by atoms with van der Waals surface area (Å²) in [6, 6.07) is 2.52. The summed E-state index contributed by atoms with van der Waals surface area (Å²) in [6.07, 6.45) is 0. The van der Waals surface area contributed by atoms with Crippen molar-refractivity contribution in [2.45, 2.75) is 6.54 Å². The fraction of sp³-hybridized carbons (Fsp3) is 0.333. The van der Waals surface area contributed by atoms with Crippen LogP contribution in [0.4, 0.5) is 0 Å². The summed E-state index contributed by atoms with van der Waals surface area (Å²) in [5.41, 5.74) is 0. The third-order valence-corrected chi connectivity index (χ3v) is 3.07. The summed E-state index contributed by atoms with van der Waals surface area (Å²) in [7, 11) is -2.76. The second-order valence-corrected chi connectivity index (χ2v) is 5.03. The highest BCUT2D eigenvalue weighted by Gasteiger charge is 2.17. The highest BCUT2D eigenvalue weighted by atomic mass is 32.2. The van der Waals surface area contributed by atoms with Gasteiger partial charge in [-0.1, -0.05) is 0 Å². The topological polar surface area (TPSA) is 123 Å². The predicted molar refractivity (Wildman–Crippen MR) is 58.3 cm³/mol. The summed E-state index contributed by atoms with van der Waals surface area (Å²) in [4.78, 5) is 21.3. The second-order valence-electron chi connectivity index (χ2n) is 3.23. The van der Waals surface area contributed by atoms with Crippen LogP contribution in [0.2, 0.25) is 0 Å². The van der Waals surface area contributed by atoms with Gasteiger partial charge in [0.05, 0.1) is 13.7 Å². The zero-order valence-electron chi connectivity index (χ0n) is 9.37. The first-order valence-electron chi connectivity index (χ1n) is 4.70. The SMILES string of the molecule is COC(=O)CS(=O)(=O)NCc1ccc(C(=O)O)o1. The smallest absolute Gasteiger partial charge is 0.371 e. The van der Waals surface area contributed by atoms with Gasteiger partial charge in [-0.2, -0.15) is 0 Å². The highest BCUT2D eigenvalue weighted by molar-refractivity contribution is 7.90. The number of furan rings is 1. The van der Waals surface area contributed by atoms with Gasteiger partial charge in [-0.05, 0) is 12.1 Å². The van der Waals surface area contributed by atoms with Gasteiger partial charge in [-0.15, -0.1) is 0 Å². The van der Waals surface area contributed by atoms with Gasteiger partial charge in [0.1, 0.15) is 5.76 Å². The fourth-order valence-electron chi connectivity index (χ4n) is 1.03. The Balaban J connectivity index is 2.58. The first-order chi connectivity index (χ1) is 8.34. The molecule has 18 heavy (non-hydrogen) atoms. The van der Waals surface area contributed by atoms with Crippen molar-refractivity contribution in [2.24, 2.45) is 0 Å². The van der Waals surface area contributed by atoms with E-state index in [1.807, 2.05) is 0 Å². The Morgan fingerprint density at radius 2 is 2.11 bits per heavy atom. The lowest BCUT2D eigenvalue weighted by molar-refractivity contribution is -0.137. The summed E-state index contributed by atoms with van der Waals surface area (Å²) in [5, 5.41) is 8.58. The van der Waals surface area contributed by atoms with Gasteiger partial charge in [-0.25, -0.2) is 17.9 Å². The van der Waals surface area contributed by atoms with Crippen molar-refractivity contribution in [1.82, 2.24) is 4.72 Å². The van der Waals surface area contributed by atoms with Gasteiger partial charge in [0.2, 0.25) is 15.8 Å². The average molecular weight is 277 g/mol. The van der Waals surface area contributed by atoms with Crippen molar-refractivity contribution in [1.29, 1.82) is 0 Å². The number of ether oxygens (including phenoxy) is 1. The normalized spacial score (nSPS) is 11.2. The van der Waals surface area contributed by atoms with E-state index >= 15 is 0 Å². The van der Waals surface area contributed by atoms with E-state index in [0.29, 0.717) is 0 Å². The number of nitrogens with one attached hydrogen (secondary N) is 1. The Kier molecular flexibility index (Phi) is 4.45. The molecule has 0 aliphatic rings. The standard InChI is InChI=1S/C9H11NO7S/c1-16-8(11)5-18(14,15)10-4-6-2-3-7(17-6)9(12)13/h2-3,10H,4-5H2,1H3,(H,12,13). The van der Waals surface area contributed by atoms with E-state index in [9.17, 15) is 18.0 Å². The van der Waals surface area contributed by atoms with Gasteiger partial charge < -0.3 is 14.3 Å². The maximum absolute atomic E-state index is 11.3. The van der Waals surface area contributed by atoms with Crippen LogP contribution in [0.1, 0.15) is 16.3 Å². The monoisotopic (exact) mass is 277 g/mol. The number of esters is 1. The molecule has 0 bridgehead atoms.